The minimum atomic E-state index is 0.0709. The number of rotatable bonds is 2. The molecule has 0 bridgehead atoms. The molecule has 3 rings (SSSR count). The standard InChI is InChI=1S/C17H18N2O/c1-12-3-2-4-15(9-12)17(20)19-8-7-14-6-5-13(11-18)10-16(14)19/h2-6,9-10H,7-8,11,18H2,1H3. The molecule has 0 aromatic heterocycles. The zero-order valence-electron chi connectivity index (χ0n) is 11.6. The van der Waals surface area contributed by atoms with Crippen molar-refractivity contribution in [1.29, 1.82) is 0 Å². The first-order chi connectivity index (χ1) is 9.69. The third-order valence-electron chi connectivity index (χ3n) is 3.79. The maximum absolute atomic E-state index is 12.7. The number of carbonyl (C=O) groups is 1. The van der Waals surface area contributed by atoms with Crippen LogP contribution in [0.15, 0.2) is 42.5 Å². The highest BCUT2D eigenvalue weighted by molar-refractivity contribution is 6.07. The number of benzene rings is 2. The van der Waals surface area contributed by atoms with Crippen LogP contribution in [0, 0.1) is 6.92 Å². The van der Waals surface area contributed by atoms with Crippen LogP contribution in [-0.4, -0.2) is 12.5 Å². The van der Waals surface area contributed by atoms with Crippen LogP contribution < -0.4 is 10.6 Å². The lowest BCUT2D eigenvalue weighted by Crippen LogP contribution is -2.29. The Hall–Kier alpha value is -2.13. The average Bonchev–Trinajstić information content (AvgIpc) is 2.89. The molecule has 1 aliphatic heterocycles. The van der Waals surface area contributed by atoms with Gasteiger partial charge in [0.15, 0.2) is 0 Å². The highest BCUT2D eigenvalue weighted by Crippen LogP contribution is 2.30. The number of aryl methyl sites for hydroxylation is 1. The van der Waals surface area contributed by atoms with Crippen molar-refractivity contribution in [2.75, 3.05) is 11.4 Å². The van der Waals surface area contributed by atoms with Crippen LogP contribution >= 0.6 is 0 Å². The van der Waals surface area contributed by atoms with Crippen molar-refractivity contribution in [2.24, 2.45) is 5.73 Å². The summed E-state index contributed by atoms with van der Waals surface area (Å²) < 4.78 is 0. The van der Waals surface area contributed by atoms with Gasteiger partial charge in [0.1, 0.15) is 0 Å². The molecular weight excluding hydrogens is 248 g/mol. The molecule has 20 heavy (non-hydrogen) atoms. The summed E-state index contributed by atoms with van der Waals surface area (Å²) in [6.45, 7) is 3.25. The third kappa shape index (κ3) is 2.21. The van der Waals surface area contributed by atoms with E-state index in [0.717, 1.165) is 35.3 Å². The lowest BCUT2D eigenvalue weighted by Gasteiger charge is -2.18. The minimum absolute atomic E-state index is 0.0709. The molecule has 0 radical (unpaired) electrons. The van der Waals surface area contributed by atoms with Crippen molar-refractivity contribution < 1.29 is 4.79 Å². The lowest BCUT2D eigenvalue weighted by molar-refractivity contribution is 0.0989. The van der Waals surface area contributed by atoms with Crippen LogP contribution in [-0.2, 0) is 13.0 Å². The molecule has 1 heterocycles. The Morgan fingerprint density at radius 2 is 2.10 bits per heavy atom. The Morgan fingerprint density at radius 1 is 1.25 bits per heavy atom. The number of hydrogen-bond donors (Lipinski definition) is 1. The molecule has 0 saturated heterocycles. The van der Waals surface area contributed by atoms with Gasteiger partial charge in [-0.15, -0.1) is 0 Å². The molecule has 0 atom stereocenters. The molecule has 2 N–H and O–H groups in total. The van der Waals surface area contributed by atoms with Gasteiger partial charge < -0.3 is 10.6 Å². The summed E-state index contributed by atoms with van der Waals surface area (Å²) in [6.07, 6.45) is 0.914. The fraction of sp³-hybridized carbons (Fsp3) is 0.235. The van der Waals surface area contributed by atoms with E-state index in [1.54, 1.807) is 0 Å². The second kappa shape index (κ2) is 5.10. The highest BCUT2D eigenvalue weighted by Gasteiger charge is 2.25. The molecule has 3 nitrogen and oxygen atoms in total. The molecule has 2 aromatic rings. The quantitative estimate of drug-likeness (QED) is 0.908. The van der Waals surface area contributed by atoms with E-state index in [1.165, 1.54) is 5.56 Å². The monoisotopic (exact) mass is 266 g/mol. The first-order valence-corrected chi connectivity index (χ1v) is 6.89. The maximum atomic E-state index is 12.7. The van der Waals surface area contributed by atoms with Gasteiger partial charge in [-0.2, -0.15) is 0 Å². The van der Waals surface area contributed by atoms with Crippen molar-refractivity contribution in [1.82, 2.24) is 0 Å². The van der Waals surface area contributed by atoms with E-state index in [2.05, 4.69) is 6.07 Å². The van der Waals surface area contributed by atoms with Gasteiger partial charge in [-0.3, -0.25) is 4.79 Å². The zero-order chi connectivity index (χ0) is 14.1. The predicted octanol–water partition coefficient (Wildman–Crippen LogP) is 2.66. The summed E-state index contributed by atoms with van der Waals surface area (Å²) in [5.41, 5.74) is 10.8. The molecule has 0 saturated carbocycles. The summed E-state index contributed by atoms with van der Waals surface area (Å²) in [4.78, 5) is 14.5. The van der Waals surface area contributed by atoms with E-state index in [0.29, 0.717) is 6.54 Å². The van der Waals surface area contributed by atoms with Gasteiger partial charge >= 0.3 is 0 Å². The van der Waals surface area contributed by atoms with Gasteiger partial charge in [-0.05, 0) is 42.7 Å². The lowest BCUT2D eigenvalue weighted by atomic mass is 10.1. The molecule has 1 aliphatic rings. The SMILES string of the molecule is Cc1cccc(C(=O)N2CCc3ccc(CN)cc32)c1. The largest absolute Gasteiger partial charge is 0.326 e. The molecule has 3 heteroatoms. The fourth-order valence-electron chi connectivity index (χ4n) is 2.70. The number of anilines is 1. The van der Waals surface area contributed by atoms with Gasteiger partial charge in [0, 0.05) is 24.3 Å². The first-order valence-electron chi connectivity index (χ1n) is 6.89. The molecule has 102 valence electrons. The van der Waals surface area contributed by atoms with E-state index in [1.807, 2.05) is 48.2 Å². The number of nitrogens with two attached hydrogens (primary N) is 1. The zero-order valence-corrected chi connectivity index (χ0v) is 11.6. The van der Waals surface area contributed by atoms with E-state index in [9.17, 15) is 4.79 Å². The normalized spacial score (nSPS) is 13.4. The number of amides is 1. The van der Waals surface area contributed by atoms with Gasteiger partial charge in [0.05, 0.1) is 0 Å². The summed E-state index contributed by atoms with van der Waals surface area (Å²) in [5, 5.41) is 0. The number of fused-ring (bicyclic) bond motifs is 1. The summed E-state index contributed by atoms with van der Waals surface area (Å²) >= 11 is 0. The van der Waals surface area contributed by atoms with Crippen LogP contribution in [0.4, 0.5) is 5.69 Å². The van der Waals surface area contributed by atoms with Crippen LogP contribution in [0.3, 0.4) is 0 Å². The minimum Gasteiger partial charge on any atom is -0.326 e. The average molecular weight is 266 g/mol. The Labute approximate surface area is 119 Å². The predicted molar refractivity (Wildman–Crippen MR) is 80.9 cm³/mol. The van der Waals surface area contributed by atoms with E-state index < -0.39 is 0 Å². The molecule has 2 aromatic carbocycles. The molecule has 0 spiro atoms. The van der Waals surface area contributed by atoms with Crippen molar-refractivity contribution in [2.45, 2.75) is 19.9 Å². The Balaban J connectivity index is 1.96. The van der Waals surface area contributed by atoms with Gasteiger partial charge in [-0.1, -0.05) is 29.8 Å². The smallest absolute Gasteiger partial charge is 0.258 e. The van der Waals surface area contributed by atoms with Crippen molar-refractivity contribution in [3.8, 4) is 0 Å². The Bertz CT molecular complexity index is 664. The summed E-state index contributed by atoms with van der Waals surface area (Å²) in [7, 11) is 0. The van der Waals surface area contributed by atoms with Crippen LogP contribution in [0.5, 0.6) is 0 Å². The second-order valence-electron chi connectivity index (χ2n) is 5.24. The highest BCUT2D eigenvalue weighted by atomic mass is 16.2. The van der Waals surface area contributed by atoms with E-state index in [4.69, 9.17) is 5.73 Å². The number of carbonyl (C=O) groups excluding carboxylic acids is 1. The topological polar surface area (TPSA) is 46.3 Å². The van der Waals surface area contributed by atoms with Crippen molar-refractivity contribution in [3.05, 3.63) is 64.7 Å². The Morgan fingerprint density at radius 3 is 2.85 bits per heavy atom. The number of hydrogen-bond acceptors (Lipinski definition) is 2. The Kier molecular flexibility index (Phi) is 3.28. The second-order valence-corrected chi connectivity index (χ2v) is 5.24. The van der Waals surface area contributed by atoms with E-state index in [-0.39, 0.29) is 5.91 Å². The summed E-state index contributed by atoms with van der Waals surface area (Å²) in [5.74, 6) is 0.0709. The van der Waals surface area contributed by atoms with Crippen molar-refractivity contribution >= 4 is 11.6 Å². The number of nitrogens with zero attached hydrogens (tertiary/aromatic N) is 1. The maximum Gasteiger partial charge on any atom is 0.258 e. The van der Waals surface area contributed by atoms with Crippen LogP contribution in [0.2, 0.25) is 0 Å². The van der Waals surface area contributed by atoms with Crippen LogP contribution in [0.1, 0.15) is 27.0 Å². The van der Waals surface area contributed by atoms with Crippen LogP contribution in [0.25, 0.3) is 0 Å². The summed E-state index contributed by atoms with van der Waals surface area (Å²) in [6, 6.07) is 13.9. The van der Waals surface area contributed by atoms with Crippen molar-refractivity contribution in [3.63, 3.8) is 0 Å². The van der Waals surface area contributed by atoms with E-state index >= 15 is 0 Å². The molecule has 0 fully saturated rings. The fourth-order valence-corrected chi connectivity index (χ4v) is 2.70. The van der Waals surface area contributed by atoms with Gasteiger partial charge in [0.25, 0.3) is 5.91 Å². The molecule has 0 unspecified atom stereocenters. The molecular formula is C17H18N2O. The molecule has 1 amide bonds. The van der Waals surface area contributed by atoms with Gasteiger partial charge in [0.2, 0.25) is 0 Å². The molecule has 0 aliphatic carbocycles. The van der Waals surface area contributed by atoms with Gasteiger partial charge in [-0.25, -0.2) is 0 Å². The third-order valence-corrected chi connectivity index (χ3v) is 3.79. The first kappa shape index (κ1) is 12.9.